The Kier molecular flexibility index (Phi) is 6.67. The van der Waals surface area contributed by atoms with Crippen molar-refractivity contribution in [2.45, 2.75) is 65.5 Å². The molecule has 1 aromatic carbocycles. The Bertz CT molecular complexity index is 547. The topological polar surface area (TPSA) is 41.6 Å². The summed E-state index contributed by atoms with van der Waals surface area (Å²) in [6, 6.07) is 7.09. The summed E-state index contributed by atoms with van der Waals surface area (Å²) in [6.07, 6.45) is 2.04. The highest BCUT2D eigenvalue weighted by Gasteiger charge is 2.22. The number of piperidine rings is 1. The van der Waals surface area contributed by atoms with E-state index in [-0.39, 0.29) is 18.6 Å². The summed E-state index contributed by atoms with van der Waals surface area (Å²) in [4.78, 5) is 14.6. The van der Waals surface area contributed by atoms with Crippen LogP contribution in [0.5, 0.6) is 5.75 Å². The second kappa shape index (κ2) is 8.52. The van der Waals surface area contributed by atoms with E-state index in [1.54, 1.807) is 0 Å². The third-order valence-electron chi connectivity index (χ3n) is 4.86. The highest BCUT2D eigenvalue weighted by Crippen LogP contribution is 2.24. The first kappa shape index (κ1) is 18.8. The standard InChI is InChI=1S/C20H32N2O2/c1-14(2)17-7-6-16(5)19(12-17)24-13-20(23)21-18-8-10-22(11-9-18)15(3)4/h6-7,12,14-15,18H,8-11,13H2,1-5H3,(H,21,23). The fourth-order valence-corrected chi connectivity index (χ4v) is 3.10. The number of nitrogens with one attached hydrogen (secondary N) is 1. The van der Waals surface area contributed by atoms with Gasteiger partial charge >= 0.3 is 0 Å². The predicted molar refractivity (Wildman–Crippen MR) is 98.6 cm³/mol. The molecular formula is C20H32N2O2. The van der Waals surface area contributed by atoms with Crippen LogP contribution in [0.15, 0.2) is 18.2 Å². The zero-order valence-electron chi connectivity index (χ0n) is 15.8. The molecule has 0 aliphatic carbocycles. The normalized spacial score (nSPS) is 16.6. The number of carbonyl (C=O) groups is 1. The monoisotopic (exact) mass is 332 g/mol. The number of likely N-dealkylation sites (tertiary alicyclic amines) is 1. The largest absolute Gasteiger partial charge is 0.483 e. The van der Waals surface area contributed by atoms with Gasteiger partial charge in [0, 0.05) is 25.2 Å². The third-order valence-corrected chi connectivity index (χ3v) is 4.86. The van der Waals surface area contributed by atoms with Crippen molar-refractivity contribution in [3.63, 3.8) is 0 Å². The first-order valence-electron chi connectivity index (χ1n) is 9.13. The Labute approximate surface area is 146 Å². The van der Waals surface area contributed by atoms with Crippen molar-refractivity contribution in [2.24, 2.45) is 0 Å². The SMILES string of the molecule is Cc1ccc(C(C)C)cc1OCC(=O)NC1CCN(C(C)C)CC1. The molecule has 24 heavy (non-hydrogen) atoms. The molecule has 0 radical (unpaired) electrons. The van der Waals surface area contributed by atoms with Gasteiger partial charge in [-0.25, -0.2) is 0 Å². The second-order valence-corrected chi connectivity index (χ2v) is 7.44. The van der Waals surface area contributed by atoms with Crippen molar-refractivity contribution >= 4 is 5.91 Å². The van der Waals surface area contributed by atoms with E-state index in [4.69, 9.17) is 4.74 Å². The van der Waals surface area contributed by atoms with Crippen LogP contribution in [0.3, 0.4) is 0 Å². The lowest BCUT2D eigenvalue weighted by Crippen LogP contribution is -2.47. The van der Waals surface area contributed by atoms with Crippen molar-refractivity contribution in [2.75, 3.05) is 19.7 Å². The molecule has 1 fully saturated rings. The summed E-state index contributed by atoms with van der Waals surface area (Å²) in [5.74, 6) is 1.24. The molecule has 0 saturated carbocycles. The quantitative estimate of drug-likeness (QED) is 0.867. The molecule has 0 unspecified atom stereocenters. The van der Waals surface area contributed by atoms with E-state index in [0.717, 1.165) is 37.2 Å². The van der Waals surface area contributed by atoms with Crippen LogP contribution in [0, 0.1) is 6.92 Å². The minimum atomic E-state index is -0.0210. The molecule has 4 heteroatoms. The number of ether oxygens (including phenoxy) is 1. The van der Waals surface area contributed by atoms with Gasteiger partial charge in [-0.15, -0.1) is 0 Å². The maximum Gasteiger partial charge on any atom is 0.258 e. The number of hydrogen-bond donors (Lipinski definition) is 1. The maximum atomic E-state index is 12.2. The van der Waals surface area contributed by atoms with Gasteiger partial charge in [0.15, 0.2) is 6.61 Å². The van der Waals surface area contributed by atoms with Gasteiger partial charge in [0.2, 0.25) is 0 Å². The fraction of sp³-hybridized carbons (Fsp3) is 0.650. The molecule has 1 aliphatic rings. The Hall–Kier alpha value is -1.55. The lowest BCUT2D eigenvalue weighted by atomic mass is 10.0. The van der Waals surface area contributed by atoms with E-state index in [0.29, 0.717) is 12.0 Å². The molecule has 1 heterocycles. The van der Waals surface area contributed by atoms with Crippen LogP contribution < -0.4 is 10.1 Å². The average molecular weight is 332 g/mol. The van der Waals surface area contributed by atoms with Gasteiger partial charge in [-0.1, -0.05) is 26.0 Å². The molecule has 0 aromatic heterocycles. The predicted octanol–water partition coefficient (Wildman–Crippen LogP) is 3.49. The van der Waals surface area contributed by atoms with Gasteiger partial charge in [-0.2, -0.15) is 0 Å². The molecule has 1 aromatic rings. The molecule has 1 amide bonds. The number of amides is 1. The molecule has 1 N–H and O–H groups in total. The molecule has 0 spiro atoms. The molecule has 134 valence electrons. The summed E-state index contributed by atoms with van der Waals surface area (Å²) < 4.78 is 5.77. The maximum absolute atomic E-state index is 12.2. The molecule has 0 atom stereocenters. The number of carbonyl (C=O) groups excluding carboxylic acids is 1. The van der Waals surface area contributed by atoms with Crippen LogP contribution in [0.1, 0.15) is 57.6 Å². The first-order chi connectivity index (χ1) is 11.4. The smallest absolute Gasteiger partial charge is 0.258 e. The Balaban J connectivity index is 1.81. The molecule has 1 saturated heterocycles. The van der Waals surface area contributed by atoms with Crippen LogP contribution in [0.25, 0.3) is 0 Å². The van der Waals surface area contributed by atoms with E-state index < -0.39 is 0 Å². The van der Waals surface area contributed by atoms with Gasteiger partial charge < -0.3 is 15.0 Å². The summed E-state index contributed by atoms with van der Waals surface area (Å²) in [5, 5.41) is 3.11. The Morgan fingerprint density at radius 1 is 1.25 bits per heavy atom. The van der Waals surface area contributed by atoms with Crippen molar-refractivity contribution in [1.29, 1.82) is 0 Å². The highest BCUT2D eigenvalue weighted by atomic mass is 16.5. The average Bonchev–Trinajstić information content (AvgIpc) is 2.54. The number of hydrogen-bond acceptors (Lipinski definition) is 3. The first-order valence-corrected chi connectivity index (χ1v) is 9.13. The Morgan fingerprint density at radius 3 is 2.50 bits per heavy atom. The lowest BCUT2D eigenvalue weighted by molar-refractivity contribution is -0.124. The van der Waals surface area contributed by atoms with Gasteiger partial charge in [0.1, 0.15) is 5.75 Å². The van der Waals surface area contributed by atoms with Gasteiger partial charge in [0.05, 0.1) is 0 Å². The van der Waals surface area contributed by atoms with Crippen molar-refractivity contribution in [3.05, 3.63) is 29.3 Å². The molecule has 4 nitrogen and oxygen atoms in total. The number of aryl methyl sites for hydroxylation is 1. The van der Waals surface area contributed by atoms with Gasteiger partial charge in [-0.05, 0) is 56.7 Å². The van der Waals surface area contributed by atoms with Crippen molar-refractivity contribution in [1.82, 2.24) is 10.2 Å². The third kappa shape index (κ3) is 5.23. The fourth-order valence-electron chi connectivity index (χ4n) is 3.10. The van der Waals surface area contributed by atoms with Gasteiger partial charge in [-0.3, -0.25) is 4.79 Å². The molecular weight excluding hydrogens is 300 g/mol. The minimum Gasteiger partial charge on any atom is -0.483 e. The van der Waals surface area contributed by atoms with E-state index in [1.165, 1.54) is 5.56 Å². The Morgan fingerprint density at radius 2 is 1.92 bits per heavy atom. The summed E-state index contributed by atoms with van der Waals surface area (Å²) in [5.41, 5.74) is 2.30. The molecule has 1 aliphatic heterocycles. The van der Waals surface area contributed by atoms with Crippen molar-refractivity contribution in [3.8, 4) is 5.75 Å². The molecule has 2 rings (SSSR count). The summed E-state index contributed by atoms with van der Waals surface area (Å²) >= 11 is 0. The molecule has 0 bridgehead atoms. The summed E-state index contributed by atoms with van der Waals surface area (Å²) in [7, 11) is 0. The second-order valence-electron chi connectivity index (χ2n) is 7.44. The van der Waals surface area contributed by atoms with Gasteiger partial charge in [0.25, 0.3) is 5.91 Å². The summed E-state index contributed by atoms with van der Waals surface area (Å²) in [6.45, 7) is 13.0. The van der Waals surface area contributed by atoms with Crippen LogP contribution in [0.4, 0.5) is 0 Å². The number of nitrogens with zero attached hydrogens (tertiary/aromatic N) is 1. The number of benzene rings is 1. The van der Waals surface area contributed by atoms with Crippen LogP contribution in [0.2, 0.25) is 0 Å². The van der Waals surface area contributed by atoms with Crippen molar-refractivity contribution < 1.29 is 9.53 Å². The van der Waals surface area contributed by atoms with E-state index in [2.05, 4.69) is 56.1 Å². The van der Waals surface area contributed by atoms with Crippen LogP contribution in [-0.2, 0) is 4.79 Å². The number of rotatable bonds is 6. The van der Waals surface area contributed by atoms with Crippen LogP contribution >= 0.6 is 0 Å². The van der Waals surface area contributed by atoms with Crippen LogP contribution in [-0.4, -0.2) is 42.6 Å². The lowest BCUT2D eigenvalue weighted by Gasteiger charge is -2.34. The zero-order valence-corrected chi connectivity index (χ0v) is 15.8. The zero-order chi connectivity index (χ0) is 17.7. The minimum absolute atomic E-state index is 0.0210. The van der Waals surface area contributed by atoms with E-state index in [1.807, 2.05) is 6.92 Å². The van der Waals surface area contributed by atoms with E-state index in [9.17, 15) is 4.79 Å². The highest BCUT2D eigenvalue weighted by molar-refractivity contribution is 5.77. The van der Waals surface area contributed by atoms with E-state index >= 15 is 0 Å².